The van der Waals surface area contributed by atoms with Crippen molar-refractivity contribution in [2.75, 3.05) is 24.5 Å². The van der Waals surface area contributed by atoms with Gasteiger partial charge in [0.15, 0.2) is 5.25 Å². The summed E-state index contributed by atoms with van der Waals surface area (Å²) in [6.45, 7) is 6.06. The summed E-state index contributed by atoms with van der Waals surface area (Å²) in [5, 5.41) is 2.34. The van der Waals surface area contributed by atoms with Crippen LogP contribution in [0.15, 0.2) is 29.2 Å². The number of amides is 3. The molecule has 1 atom stereocenters. The number of nitrogens with one attached hydrogen (secondary N) is 1. The van der Waals surface area contributed by atoms with Crippen LogP contribution in [0.2, 0.25) is 0 Å². The summed E-state index contributed by atoms with van der Waals surface area (Å²) in [6.07, 6.45) is 12.0. The molecule has 34 heavy (non-hydrogen) atoms. The van der Waals surface area contributed by atoms with Gasteiger partial charge in [0, 0.05) is 37.0 Å². The number of para-hydroxylation sites is 1. The molecule has 1 fully saturated rings. The third kappa shape index (κ3) is 7.24. The van der Waals surface area contributed by atoms with E-state index in [4.69, 9.17) is 0 Å². The predicted molar refractivity (Wildman–Crippen MR) is 139 cm³/mol. The number of hydrogen-bond donors (Lipinski definition) is 1. The SMILES string of the molecule is CCCCCCCCCCC(=O)N1CCC(NC(=O)C2Sc3ccccc3N(CC)C2=O)CC1. The number of piperidine rings is 1. The molecule has 0 aliphatic carbocycles. The van der Waals surface area contributed by atoms with Gasteiger partial charge in [-0.1, -0.05) is 64.0 Å². The lowest BCUT2D eigenvalue weighted by molar-refractivity contribution is -0.132. The van der Waals surface area contributed by atoms with E-state index in [2.05, 4.69) is 12.2 Å². The van der Waals surface area contributed by atoms with Crippen molar-refractivity contribution in [1.29, 1.82) is 0 Å². The van der Waals surface area contributed by atoms with Crippen LogP contribution in [0.5, 0.6) is 0 Å². The molecule has 0 radical (unpaired) electrons. The molecule has 0 aromatic heterocycles. The highest BCUT2D eigenvalue weighted by molar-refractivity contribution is 8.01. The number of unbranched alkanes of at least 4 members (excludes halogenated alkanes) is 7. The summed E-state index contributed by atoms with van der Waals surface area (Å²) in [4.78, 5) is 43.1. The number of carbonyl (C=O) groups excluding carboxylic acids is 3. The summed E-state index contributed by atoms with van der Waals surface area (Å²) in [5.74, 6) is -0.127. The van der Waals surface area contributed by atoms with Gasteiger partial charge in [0.1, 0.15) is 0 Å². The van der Waals surface area contributed by atoms with Gasteiger partial charge in [0.25, 0.3) is 0 Å². The van der Waals surface area contributed by atoms with Gasteiger partial charge in [-0.3, -0.25) is 14.4 Å². The van der Waals surface area contributed by atoms with Crippen molar-refractivity contribution < 1.29 is 14.4 Å². The molecule has 188 valence electrons. The van der Waals surface area contributed by atoms with Crippen LogP contribution in [0.1, 0.15) is 84.5 Å². The van der Waals surface area contributed by atoms with Gasteiger partial charge in [-0.2, -0.15) is 0 Å². The minimum atomic E-state index is -0.753. The van der Waals surface area contributed by atoms with Crippen LogP contribution in [0.3, 0.4) is 0 Å². The third-order valence-corrected chi connectivity index (χ3v) is 8.13. The van der Waals surface area contributed by atoms with Crippen LogP contribution < -0.4 is 10.2 Å². The van der Waals surface area contributed by atoms with Crippen molar-refractivity contribution in [3.05, 3.63) is 24.3 Å². The number of fused-ring (bicyclic) bond motifs is 1. The molecule has 6 nitrogen and oxygen atoms in total. The van der Waals surface area contributed by atoms with Gasteiger partial charge >= 0.3 is 0 Å². The lowest BCUT2D eigenvalue weighted by Gasteiger charge is -2.35. The van der Waals surface area contributed by atoms with Crippen LogP contribution >= 0.6 is 11.8 Å². The summed E-state index contributed by atoms with van der Waals surface area (Å²) in [7, 11) is 0. The van der Waals surface area contributed by atoms with E-state index in [0.717, 1.165) is 36.3 Å². The third-order valence-electron chi connectivity index (χ3n) is 6.88. The number of rotatable bonds is 12. The fourth-order valence-electron chi connectivity index (χ4n) is 4.83. The van der Waals surface area contributed by atoms with E-state index in [1.54, 1.807) is 4.90 Å². The zero-order valence-electron chi connectivity index (χ0n) is 20.9. The van der Waals surface area contributed by atoms with Crippen LogP contribution in [-0.2, 0) is 14.4 Å². The maximum atomic E-state index is 13.0. The van der Waals surface area contributed by atoms with Crippen molar-refractivity contribution in [1.82, 2.24) is 10.2 Å². The molecule has 1 N–H and O–H groups in total. The quantitative estimate of drug-likeness (QED) is 0.327. The van der Waals surface area contributed by atoms with E-state index in [9.17, 15) is 14.4 Å². The molecule has 0 bridgehead atoms. The molecule has 3 amide bonds. The minimum Gasteiger partial charge on any atom is -0.352 e. The number of anilines is 1. The zero-order chi connectivity index (χ0) is 24.3. The predicted octanol–water partition coefficient (Wildman–Crippen LogP) is 5.15. The Morgan fingerprint density at radius 2 is 1.62 bits per heavy atom. The van der Waals surface area contributed by atoms with Gasteiger partial charge < -0.3 is 15.1 Å². The van der Waals surface area contributed by atoms with Crippen LogP contribution in [0.25, 0.3) is 0 Å². The Morgan fingerprint density at radius 1 is 0.971 bits per heavy atom. The largest absolute Gasteiger partial charge is 0.352 e. The first-order valence-electron chi connectivity index (χ1n) is 13.2. The molecule has 1 aromatic rings. The summed E-state index contributed by atoms with van der Waals surface area (Å²) >= 11 is 1.34. The second kappa shape index (κ2) is 13.8. The van der Waals surface area contributed by atoms with Gasteiger partial charge in [-0.25, -0.2) is 0 Å². The summed E-state index contributed by atoms with van der Waals surface area (Å²) in [6, 6.07) is 7.76. The molecular weight excluding hydrogens is 446 g/mol. The Kier molecular flexibility index (Phi) is 10.8. The lowest BCUT2D eigenvalue weighted by Crippen LogP contribution is -2.52. The number of thioether (sulfide) groups is 1. The molecule has 3 rings (SSSR count). The molecule has 2 heterocycles. The van der Waals surface area contributed by atoms with Crippen molar-refractivity contribution in [2.45, 2.75) is 101 Å². The van der Waals surface area contributed by atoms with E-state index in [-0.39, 0.29) is 23.8 Å². The van der Waals surface area contributed by atoms with Gasteiger partial charge in [0.2, 0.25) is 17.7 Å². The highest BCUT2D eigenvalue weighted by Crippen LogP contribution is 2.39. The fraction of sp³-hybridized carbons (Fsp3) is 0.667. The van der Waals surface area contributed by atoms with E-state index in [1.807, 2.05) is 36.1 Å². The normalized spacial score (nSPS) is 18.6. The molecule has 0 saturated carbocycles. The summed E-state index contributed by atoms with van der Waals surface area (Å²) in [5.41, 5.74) is 0.882. The molecule has 1 unspecified atom stereocenters. The van der Waals surface area contributed by atoms with Gasteiger partial charge in [-0.15, -0.1) is 11.8 Å². The molecule has 2 aliphatic heterocycles. The first kappa shape index (κ1) is 26.6. The maximum absolute atomic E-state index is 13.0. The number of likely N-dealkylation sites (tertiary alicyclic amines) is 1. The Bertz CT molecular complexity index is 823. The van der Waals surface area contributed by atoms with Crippen LogP contribution in [-0.4, -0.2) is 53.5 Å². The van der Waals surface area contributed by atoms with Crippen molar-refractivity contribution in [3.8, 4) is 0 Å². The highest BCUT2D eigenvalue weighted by atomic mass is 32.2. The first-order valence-corrected chi connectivity index (χ1v) is 14.1. The van der Waals surface area contributed by atoms with Gasteiger partial charge in [-0.05, 0) is 38.3 Å². The second-order valence-electron chi connectivity index (χ2n) is 9.44. The number of nitrogens with zero attached hydrogens (tertiary/aromatic N) is 2. The van der Waals surface area contributed by atoms with Crippen LogP contribution in [0.4, 0.5) is 5.69 Å². The van der Waals surface area contributed by atoms with Crippen LogP contribution in [0, 0.1) is 0 Å². The molecule has 1 aromatic carbocycles. The Balaban J connectivity index is 1.37. The first-order chi connectivity index (χ1) is 16.5. The van der Waals surface area contributed by atoms with Gasteiger partial charge in [0.05, 0.1) is 5.69 Å². The van der Waals surface area contributed by atoms with Crippen molar-refractivity contribution in [2.24, 2.45) is 0 Å². The van der Waals surface area contributed by atoms with E-state index >= 15 is 0 Å². The molecule has 1 saturated heterocycles. The van der Waals surface area contributed by atoms with E-state index in [0.29, 0.717) is 26.1 Å². The standard InChI is InChI=1S/C27H41N3O3S/c1-3-5-6-7-8-9-10-11-16-24(31)29-19-17-21(18-20-29)28-26(32)25-27(33)30(4-2)22-14-12-13-15-23(22)34-25/h12-15,21,25H,3-11,16-20H2,1-2H3,(H,28,32). The molecular formula is C27H41N3O3S. The highest BCUT2D eigenvalue weighted by Gasteiger charge is 2.38. The fourth-order valence-corrected chi connectivity index (χ4v) is 5.94. The Labute approximate surface area is 209 Å². The average molecular weight is 488 g/mol. The smallest absolute Gasteiger partial charge is 0.250 e. The molecule has 7 heteroatoms. The Hall–Kier alpha value is -2.02. The Morgan fingerprint density at radius 3 is 2.29 bits per heavy atom. The summed E-state index contributed by atoms with van der Waals surface area (Å²) < 4.78 is 0. The topological polar surface area (TPSA) is 69.7 Å². The van der Waals surface area contributed by atoms with E-state index in [1.165, 1.54) is 50.3 Å². The zero-order valence-corrected chi connectivity index (χ0v) is 21.7. The maximum Gasteiger partial charge on any atom is 0.250 e. The number of benzene rings is 1. The lowest BCUT2D eigenvalue weighted by atomic mass is 10.0. The number of hydrogen-bond acceptors (Lipinski definition) is 4. The van der Waals surface area contributed by atoms with Crippen molar-refractivity contribution in [3.63, 3.8) is 0 Å². The molecule has 0 spiro atoms. The monoisotopic (exact) mass is 487 g/mol. The second-order valence-corrected chi connectivity index (χ2v) is 10.6. The number of carbonyl (C=O) groups is 3. The van der Waals surface area contributed by atoms with E-state index < -0.39 is 5.25 Å². The minimum absolute atomic E-state index is 0.0142. The van der Waals surface area contributed by atoms with Crippen molar-refractivity contribution >= 4 is 35.2 Å². The average Bonchev–Trinajstić information content (AvgIpc) is 2.85. The molecule has 2 aliphatic rings.